The molecule has 2 rings (SSSR count). The highest BCUT2D eigenvalue weighted by molar-refractivity contribution is 5.74. The molecule has 0 fully saturated rings. The van der Waals surface area contributed by atoms with Crippen molar-refractivity contribution < 1.29 is 0 Å². The highest BCUT2D eigenvalue weighted by Crippen LogP contribution is 2.25. The summed E-state index contributed by atoms with van der Waals surface area (Å²) >= 11 is 0. The quantitative estimate of drug-likeness (QED) is 0.673. The third-order valence-electron chi connectivity index (χ3n) is 2.19. The molecule has 0 saturated carbocycles. The van der Waals surface area contributed by atoms with Crippen molar-refractivity contribution in [1.29, 1.82) is 0 Å². The fraction of sp³-hybridized carbons (Fsp3) is 0.182. The van der Waals surface area contributed by atoms with Gasteiger partial charge in [-0.25, -0.2) is 0 Å². The van der Waals surface area contributed by atoms with Gasteiger partial charge in [0.2, 0.25) is 0 Å². The molecule has 3 N–H and O–H groups in total. The van der Waals surface area contributed by atoms with Crippen LogP contribution < -0.4 is 5.73 Å². The van der Waals surface area contributed by atoms with E-state index < -0.39 is 0 Å². The Morgan fingerprint density at radius 2 is 2.00 bits per heavy atom. The lowest BCUT2D eigenvalue weighted by molar-refractivity contribution is 1.05. The van der Waals surface area contributed by atoms with Gasteiger partial charge in [-0.1, -0.05) is 11.6 Å². The van der Waals surface area contributed by atoms with Crippen molar-refractivity contribution in [1.82, 2.24) is 10.2 Å². The number of anilines is 1. The molecule has 0 unspecified atom stereocenters. The van der Waals surface area contributed by atoms with Crippen LogP contribution in [0.3, 0.4) is 0 Å². The van der Waals surface area contributed by atoms with Crippen LogP contribution in [0.2, 0.25) is 0 Å². The fourth-order valence-electron chi connectivity index (χ4n) is 1.45. The molecule has 72 valence electrons. The highest BCUT2D eigenvalue weighted by atomic mass is 15.1. The van der Waals surface area contributed by atoms with Gasteiger partial charge in [0.25, 0.3) is 0 Å². The zero-order valence-electron chi connectivity index (χ0n) is 8.33. The van der Waals surface area contributed by atoms with Gasteiger partial charge in [-0.2, -0.15) is 5.10 Å². The molecule has 0 saturated heterocycles. The Labute approximate surface area is 83.0 Å². The summed E-state index contributed by atoms with van der Waals surface area (Å²) in [6.07, 6.45) is 0. The number of H-pyrrole nitrogens is 1. The molecule has 0 aliphatic heterocycles. The Hall–Kier alpha value is -1.77. The minimum atomic E-state index is 0.766. The monoisotopic (exact) mass is 187 g/mol. The molecule has 1 aromatic heterocycles. The molecule has 0 bridgehead atoms. The van der Waals surface area contributed by atoms with E-state index in [0.717, 1.165) is 22.6 Å². The molecule has 0 aliphatic rings. The van der Waals surface area contributed by atoms with Crippen LogP contribution in [0.5, 0.6) is 0 Å². The number of hydrogen-bond acceptors (Lipinski definition) is 2. The Bertz CT molecular complexity index is 457. The van der Waals surface area contributed by atoms with Gasteiger partial charge < -0.3 is 5.73 Å². The number of nitrogen functional groups attached to an aromatic ring is 1. The van der Waals surface area contributed by atoms with E-state index in [0.29, 0.717) is 0 Å². The molecule has 0 atom stereocenters. The van der Waals surface area contributed by atoms with Crippen LogP contribution in [0.4, 0.5) is 5.69 Å². The predicted molar refractivity (Wildman–Crippen MR) is 57.9 cm³/mol. The van der Waals surface area contributed by atoms with Crippen LogP contribution in [0, 0.1) is 13.8 Å². The average molecular weight is 187 g/mol. The maximum atomic E-state index is 5.88. The minimum Gasteiger partial charge on any atom is -0.398 e. The summed E-state index contributed by atoms with van der Waals surface area (Å²) in [5.74, 6) is 0. The SMILES string of the molecule is Cc1ccc(N)c(-c2cc(C)[nH]n2)c1. The van der Waals surface area contributed by atoms with Crippen molar-refractivity contribution in [3.05, 3.63) is 35.5 Å². The number of benzene rings is 1. The molecule has 2 aromatic rings. The maximum absolute atomic E-state index is 5.88. The first-order chi connectivity index (χ1) is 6.66. The van der Waals surface area contributed by atoms with Crippen LogP contribution in [0.25, 0.3) is 11.3 Å². The van der Waals surface area contributed by atoms with E-state index in [9.17, 15) is 0 Å². The topological polar surface area (TPSA) is 54.7 Å². The summed E-state index contributed by atoms with van der Waals surface area (Å²) in [5, 5.41) is 7.09. The highest BCUT2D eigenvalue weighted by Gasteiger charge is 2.05. The number of aromatic nitrogens is 2. The van der Waals surface area contributed by atoms with Gasteiger partial charge in [0.15, 0.2) is 0 Å². The van der Waals surface area contributed by atoms with Crippen molar-refractivity contribution >= 4 is 5.69 Å². The number of nitrogens with one attached hydrogen (secondary N) is 1. The van der Waals surface area contributed by atoms with Crippen molar-refractivity contribution in [2.75, 3.05) is 5.73 Å². The van der Waals surface area contributed by atoms with E-state index in [4.69, 9.17) is 5.73 Å². The molecule has 0 amide bonds. The van der Waals surface area contributed by atoms with Crippen molar-refractivity contribution in [2.24, 2.45) is 0 Å². The van der Waals surface area contributed by atoms with Crippen LogP contribution in [0.1, 0.15) is 11.3 Å². The predicted octanol–water partition coefficient (Wildman–Crippen LogP) is 2.28. The van der Waals surface area contributed by atoms with Gasteiger partial charge in [0.1, 0.15) is 0 Å². The molecule has 14 heavy (non-hydrogen) atoms. The standard InChI is InChI=1S/C11H13N3/c1-7-3-4-10(12)9(5-7)11-6-8(2)13-14-11/h3-6H,12H2,1-2H3,(H,13,14). The lowest BCUT2D eigenvalue weighted by Crippen LogP contribution is -1.90. The van der Waals surface area contributed by atoms with E-state index >= 15 is 0 Å². The summed E-state index contributed by atoms with van der Waals surface area (Å²) in [4.78, 5) is 0. The summed E-state index contributed by atoms with van der Waals surface area (Å²) in [7, 11) is 0. The number of aromatic amines is 1. The fourth-order valence-corrected chi connectivity index (χ4v) is 1.45. The molecule has 0 radical (unpaired) electrons. The molecule has 1 aromatic carbocycles. The van der Waals surface area contributed by atoms with Crippen molar-refractivity contribution in [3.63, 3.8) is 0 Å². The first-order valence-corrected chi connectivity index (χ1v) is 4.55. The second kappa shape index (κ2) is 3.18. The minimum absolute atomic E-state index is 0.766. The zero-order valence-corrected chi connectivity index (χ0v) is 8.33. The molecule has 3 heteroatoms. The molecule has 1 heterocycles. The number of nitrogens with zero attached hydrogens (tertiary/aromatic N) is 1. The average Bonchev–Trinajstić information content (AvgIpc) is 2.56. The summed E-state index contributed by atoms with van der Waals surface area (Å²) in [6.45, 7) is 4.02. The number of aryl methyl sites for hydroxylation is 2. The van der Waals surface area contributed by atoms with Crippen LogP contribution in [0.15, 0.2) is 24.3 Å². The summed E-state index contributed by atoms with van der Waals surface area (Å²) in [5.41, 5.74) is 10.8. The van der Waals surface area contributed by atoms with Crippen molar-refractivity contribution in [2.45, 2.75) is 13.8 Å². The Morgan fingerprint density at radius 1 is 1.21 bits per heavy atom. The van der Waals surface area contributed by atoms with Gasteiger partial charge >= 0.3 is 0 Å². The van der Waals surface area contributed by atoms with Gasteiger partial charge in [0.05, 0.1) is 5.69 Å². The smallest absolute Gasteiger partial charge is 0.0944 e. The van der Waals surface area contributed by atoms with E-state index in [1.807, 2.05) is 38.1 Å². The third kappa shape index (κ3) is 1.48. The molecular formula is C11H13N3. The first-order valence-electron chi connectivity index (χ1n) is 4.55. The number of rotatable bonds is 1. The second-order valence-corrected chi connectivity index (χ2v) is 3.53. The van der Waals surface area contributed by atoms with Crippen LogP contribution >= 0.6 is 0 Å². The lowest BCUT2D eigenvalue weighted by Gasteiger charge is -2.02. The van der Waals surface area contributed by atoms with Gasteiger partial charge in [-0.3, -0.25) is 5.10 Å². The van der Waals surface area contributed by atoms with Crippen LogP contribution in [-0.2, 0) is 0 Å². The lowest BCUT2D eigenvalue weighted by atomic mass is 10.1. The van der Waals surface area contributed by atoms with Gasteiger partial charge in [-0.05, 0) is 32.0 Å². The molecule has 0 aliphatic carbocycles. The van der Waals surface area contributed by atoms with Gasteiger partial charge in [-0.15, -0.1) is 0 Å². The Kier molecular flexibility index (Phi) is 2.00. The summed E-state index contributed by atoms with van der Waals surface area (Å²) < 4.78 is 0. The number of nitrogens with two attached hydrogens (primary N) is 1. The largest absolute Gasteiger partial charge is 0.398 e. The normalized spacial score (nSPS) is 10.4. The van der Waals surface area contributed by atoms with Crippen molar-refractivity contribution in [3.8, 4) is 11.3 Å². The van der Waals surface area contributed by atoms with E-state index in [2.05, 4.69) is 10.2 Å². The Balaban J connectivity index is 2.55. The van der Waals surface area contributed by atoms with Gasteiger partial charge in [0, 0.05) is 16.9 Å². The van der Waals surface area contributed by atoms with E-state index in [1.165, 1.54) is 5.56 Å². The van der Waals surface area contributed by atoms with E-state index in [1.54, 1.807) is 0 Å². The first kappa shape index (κ1) is 8.81. The van der Waals surface area contributed by atoms with E-state index in [-0.39, 0.29) is 0 Å². The molecule has 3 nitrogen and oxygen atoms in total. The Morgan fingerprint density at radius 3 is 2.64 bits per heavy atom. The molecule has 0 spiro atoms. The number of hydrogen-bond donors (Lipinski definition) is 2. The summed E-state index contributed by atoms with van der Waals surface area (Å²) in [6, 6.07) is 7.95. The maximum Gasteiger partial charge on any atom is 0.0944 e. The third-order valence-corrected chi connectivity index (χ3v) is 2.19. The van der Waals surface area contributed by atoms with Crippen LogP contribution in [-0.4, -0.2) is 10.2 Å². The molecular weight excluding hydrogens is 174 g/mol. The zero-order chi connectivity index (χ0) is 10.1. The second-order valence-electron chi connectivity index (χ2n) is 3.53.